The number of ether oxygens (including phenoxy) is 1. The number of nitrogens with one attached hydrogen (secondary N) is 1. The summed E-state index contributed by atoms with van der Waals surface area (Å²) in [5, 5.41) is 14.0. The van der Waals surface area contributed by atoms with Crippen LogP contribution >= 0.6 is 0 Å². The van der Waals surface area contributed by atoms with E-state index >= 15 is 0 Å². The highest BCUT2D eigenvalue weighted by molar-refractivity contribution is 5.79. The van der Waals surface area contributed by atoms with Crippen molar-refractivity contribution in [2.45, 2.75) is 12.3 Å². The molecule has 3 aromatic carbocycles. The van der Waals surface area contributed by atoms with E-state index in [0.717, 1.165) is 17.2 Å². The largest absolute Gasteiger partial charge is 0.477 e. The van der Waals surface area contributed by atoms with Crippen LogP contribution in [0, 0.1) is 10.1 Å². The van der Waals surface area contributed by atoms with Gasteiger partial charge in [-0.05, 0) is 29.7 Å². The zero-order chi connectivity index (χ0) is 22.1. The second-order valence-electron chi connectivity index (χ2n) is 6.90. The average Bonchev–Trinajstić information content (AvgIpc) is 2.81. The smallest absolute Gasteiger partial charge is 0.311 e. The van der Waals surface area contributed by atoms with Crippen LogP contribution in [0.1, 0.15) is 33.8 Å². The third kappa shape index (κ3) is 5.99. The number of carbonyl (C=O) groups excluding carboxylic acids is 2. The lowest BCUT2D eigenvalue weighted by molar-refractivity contribution is -0.385. The number of nitro groups is 1. The second-order valence-corrected chi connectivity index (χ2v) is 6.90. The molecule has 0 saturated heterocycles. The van der Waals surface area contributed by atoms with E-state index < -0.39 is 4.92 Å². The van der Waals surface area contributed by atoms with Crippen molar-refractivity contribution in [3.63, 3.8) is 0 Å². The van der Waals surface area contributed by atoms with E-state index in [-0.39, 0.29) is 35.4 Å². The third-order valence-corrected chi connectivity index (χ3v) is 4.83. The number of hydrogen-bond donors (Lipinski definition) is 1. The predicted octanol–water partition coefficient (Wildman–Crippen LogP) is 4.12. The highest BCUT2D eigenvalue weighted by Gasteiger charge is 2.18. The number of rotatable bonds is 10. The quantitative estimate of drug-likeness (QED) is 0.303. The molecule has 3 rings (SSSR count). The molecule has 0 heterocycles. The molecule has 0 aromatic heterocycles. The SMILES string of the molecule is O=Cc1ccc(OCC(=O)NCCC(c2ccccc2)c2ccccc2)c([N+](=O)[O-])c1. The summed E-state index contributed by atoms with van der Waals surface area (Å²) >= 11 is 0. The van der Waals surface area contributed by atoms with Crippen LogP contribution in [0.4, 0.5) is 5.69 Å². The fraction of sp³-hybridized carbons (Fsp3) is 0.167. The highest BCUT2D eigenvalue weighted by Crippen LogP contribution is 2.28. The zero-order valence-electron chi connectivity index (χ0n) is 16.8. The van der Waals surface area contributed by atoms with Crippen LogP contribution in [-0.2, 0) is 4.79 Å². The second kappa shape index (κ2) is 10.7. The van der Waals surface area contributed by atoms with E-state index in [1.54, 1.807) is 0 Å². The molecule has 0 spiro atoms. The first kappa shape index (κ1) is 21.7. The number of nitro benzene ring substituents is 1. The lowest BCUT2D eigenvalue weighted by Gasteiger charge is -2.18. The van der Waals surface area contributed by atoms with Gasteiger partial charge < -0.3 is 10.1 Å². The maximum atomic E-state index is 12.2. The molecule has 0 unspecified atom stereocenters. The van der Waals surface area contributed by atoms with E-state index in [4.69, 9.17) is 4.74 Å². The fourth-order valence-corrected chi connectivity index (χ4v) is 3.32. The molecule has 1 amide bonds. The minimum Gasteiger partial charge on any atom is -0.477 e. The van der Waals surface area contributed by atoms with Gasteiger partial charge >= 0.3 is 5.69 Å². The first-order valence-electron chi connectivity index (χ1n) is 9.81. The van der Waals surface area contributed by atoms with Gasteiger partial charge in [0.1, 0.15) is 6.29 Å². The summed E-state index contributed by atoms with van der Waals surface area (Å²) in [6.07, 6.45) is 1.20. The minimum atomic E-state index is -0.648. The van der Waals surface area contributed by atoms with Crippen molar-refractivity contribution < 1.29 is 19.2 Å². The Labute approximate surface area is 179 Å². The van der Waals surface area contributed by atoms with Crippen LogP contribution in [-0.4, -0.2) is 30.3 Å². The molecular formula is C24H22N2O5. The molecule has 0 saturated carbocycles. The molecule has 31 heavy (non-hydrogen) atoms. The van der Waals surface area contributed by atoms with E-state index in [0.29, 0.717) is 19.3 Å². The molecule has 0 bridgehead atoms. The van der Waals surface area contributed by atoms with Gasteiger partial charge in [-0.15, -0.1) is 0 Å². The van der Waals surface area contributed by atoms with Crippen molar-refractivity contribution in [2.24, 2.45) is 0 Å². The van der Waals surface area contributed by atoms with Gasteiger partial charge in [-0.1, -0.05) is 60.7 Å². The molecule has 0 atom stereocenters. The van der Waals surface area contributed by atoms with Crippen LogP contribution in [0.3, 0.4) is 0 Å². The summed E-state index contributed by atoms with van der Waals surface area (Å²) in [4.78, 5) is 33.5. The number of hydrogen-bond acceptors (Lipinski definition) is 5. The summed E-state index contributed by atoms with van der Waals surface area (Å²) in [5.41, 5.74) is 2.12. The van der Waals surface area contributed by atoms with Crippen LogP contribution in [0.5, 0.6) is 5.75 Å². The van der Waals surface area contributed by atoms with Crippen molar-refractivity contribution in [3.05, 3.63) is 106 Å². The van der Waals surface area contributed by atoms with Gasteiger partial charge in [0.2, 0.25) is 0 Å². The molecular weight excluding hydrogens is 396 g/mol. The summed E-state index contributed by atoms with van der Waals surface area (Å²) in [6.45, 7) is 0.0610. The van der Waals surface area contributed by atoms with Crippen molar-refractivity contribution in [1.29, 1.82) is 0 Å². The Morgan fingerprint density at radius 3 is 2.16 bits per heavy atom. The summed E-state index contributed by atoms with van der Waals surface area (Å²) in [6, 6.07) is 23.9. The summed E-state index contributed by atoms with van der Waals surface area (Å²) < 4.78 is 5.32. The first-order valence-corrected chi connectivity index (χ1v) is 9.81. The van der Waals surface area contributed by atoms with Gasteiger partial charge in [0.05, 0.1) is 4.92 Å². The molecule has 3 aromatic rings. The Bertz CT molecular complexity index is 999. The van der Waals surface area contributed by atoms with Gasteiger partial charge in [-0.2, -0.15) is 0 Å². The van der Waals surface area contributed by atoms with Crippen LogP contribution in [0.2, 0.25) is 0 Å². The van der Waals surface area contributed by atoms with Crippen molar-refractivity contribution in [2.75, 3.05) is 13.2 Å². The van der Waals surface area contributed by atoms with E-state index in [1.165, 1.54) is 12.1 Å². The molecule has 0 fully saturated rings. The van der Waals surface area contributed by atoms with Crippen molar-refractivity contribution in [1.82, 2.24) is 5.32 Å². The van der Waals surface area contributed by atoms with Gasteiger partial charge in [0, 0.05) is 24.1 Å². The number of aldehydes is 1. The number of carbonyl (C=O) groups is 2. The van der Waals surface area contributed by atoms with Crippen molar-refractivity contribution >= 4 is 17.9 Å². The molecule has 158 valence electrons. The topological polar surface area (TPSA) is 98.5 Å². The molecule has 1 N–H and O–H groups in total. The van der Waals surface area contributed by atoms with E-state index in [1.807, 2.05) is 36.4 Å². The van der Waals surface area contributed by atoms with Crippen LogP contribution < -0.4 is 10.1 Å². The Morgan fingerprint density at radius 2 is 1.61 bits per heavy atom. The van der Waals surface area contributed by atoms with E-state index in [2.05, 4.69) is 29.6 Å². The Hall–Kier alpha value is -4.00. The average molecular weight is 418 g/mol. The van der Waals surface area contributed by atoms with Gasteiger partial charge in [0.25, 0.3) is 5.91 Å². The number of amides is 1. The van der Waals surface area contributed by atoms with Crippen LogP contribution in [0.25, 0.3) is 0 Å². The first-order chi connectivity index (χ1) is 15.1. The van der Waals surface area contributed by atoms with Crippen molar-refractivity contribution in [3.8, 4) is 5.75 Å². The molecule has 7 nitrogen and oxygen atoms in total. The maximum absolute atomic E-state index is 12.2. The lowest BCUT2D eigenvalue weighted by atomic mass is 9.88. The van der Waals surface area contributed by atoms with Gasteiger partial charge in [-0.3, -0.25) is 19.7 Å². The Kier molecular flexibility index (Phi) is 7.48. The summed E-state index contributed by atoms with van der Waals surface area (Å²) in [7, 11) is 0. The molecule has 0 aliphatic carbocycles. The molecule has 7 heteroatoms. The molecule has 0 aliphatic rings. The summed E-state index contributed by atoms with van der Waals surface area (Å²) in [5.74, 6) is -0.313. The van der Waals surface area contributed by atoms with Gasteiger partial charge in [-0.25, -0.2) is 0 Å². The van der Waals surface area contributed by atoms with Gasteiger partial charge in [0.15, 0.2) is 12.4 Å². The zero-order valence-corrected chi connectivity index (χ0v) is 16.8. The molecule has 0 radical (unpaired) electrons. The van der Waals surface area contributed by atoms with Crippen LogP contribution in [0.15, 0.2) is 78.9 Å². The predicted molar refractivity (Wildman–Crippen MR) is 116 cm³/mol. The Balaban J connectivity index is 1.58. The van der Waals surface area contributed by atoms with E-state index in [9.17, 15) is 19.7 Å². The normalized spacial score (nSPS) is 10.5. The Morgan fingerprint density at radius 1 is 1.00 bits per heavy atom. The number of nitrogens with zero attached hydrogens (tertiary/aromatic N) is 1. The number of benzene rings is 3. The monoisotopic (exact) mass is 418 g/mol. The lowest BCUT2D eigenvalue weighted by Crippen LogP contribution is -2.30. The highest BCUT2D eigenvalue weighted by atomic mass is 16.6. The fourth-order valence-electron chi connectivity index (χ4n) is 3.32. The standard InChI is InChI=1S/C24H22N2O5/c27-16-18-11-12-23(22(15-18)26(29)30)31-17-24(28)25-14-13-21(19-7-3-1-4-8-19)20-9-5-2-6-10-20/h1-12,15-16,21H,13-14,17H2,(H,25,28). The molecule has 0 aliphatic heterocycles. The minimum absolute atomic E-state index is 0.0582. The third-order valence-electron chi connectivity index (χ3n) is 4.83. The maximum Gasteiger partial charge on any atom is 0.311 e.